The van der Waals surface area contributed by atoms with E-state index in [1.807, 2.05) is 43.7 Å². The molecule has 0 aliphatic rings. The van der Waals surface area contributed by atoms with Gasteiger partial charge in [-0.1, -0.05) is 42.5 Å². The zero-order valence-corrected chi connectivity index (χ0v) is 15.8. The van der Waals surface area contributed by atoms with E-state index in [-0.39, 0.29) is 6.61 Å². The van der Waals surface area contributed by atoms with Gasteiger partial charge in [-0.05, 0) is 17.7 Å². The van der Waals surface area contributed by atoms with Crippen LogP contribution in [0.3, 0.4) is 0 Å². The van der Waals surface area contributed by atoms with Crippen LogP contribution in [-0.4, -0.2) is 43.1 Å². The molecule has 4 aromatic rings. The number of aliphatic hydroxyl groups excluding tert-OH is 1. The Hall–Kier alpha value is -3.09. The molecule has 2 aromatic heterocycles. The fraction of sp³-hybridized carbons (Fsp3) is 0.227. The molecule has 142 valence electrons. The Morgan fingerprint density at radius 2 is 1.71 bits per heavy atom. The molecule has 0 amide bonds. The Morgan fingerprint density at radius 1 is 0.929 bits per heavy atom. The zero-order chi connectivity index (χ0) is 19.3. The van der Waals surface area contributed by atoms with Crippen LogP contribution in [0, 0.1) is 6.92 Å². The summed E-state index contributed by atoms with van der Waals surface area (Å²) >= 11 is 0. The Kier molecular flexibility index (Phi) is 5.41. The second-order valence-electron chi connectivity index (χ2n) is 6.87. The first-order chi connectivity index (χ1) is 13.7. The number of imidazole rings is 1. The summed E-state index contributed by atoms with van der Waals surface area (Å²) in [6, 6.07) is 14.4. The SMILES string of the molecule is Cc1ncc(CN(CCO)Cc2cnc(-c3cccc4ccccc34)nc2)[nH]1. The fourth-order valence-corrected chi connectivity index (χ4v) is 3.40. The van der Waals surface area contributed by atoms with Crippen molar-refractivity contribution in [3.8, 4) is 11.4 Å². The number of hydrogen-bond donors (Lipinski definition) is 2. The van der Waals surface area contributed by atoms with Gasteiger partial charge in [0.1, 0.15) is 5.82 Å². The van der Waals surface area contributed by atoms with Crippen LogP contribution in [0.15, 0.2) is 61.1 Å². The summed E-state index contributed by atoms with van der Waals surface area (Å²) in [5, 5.41) is 11.7. The van der Waals surface area contributed by atoms with Crippen LogP contribution in [0.25, 0.3) is 22.2 Å². The highest BCUT2D eigenvalue weighted by Crippen LogP contribution is 2.25. The second kappa shape index (κ2) is 8.29. The monoisotopic (exact) mass is 373 g/mol. The lowest BCUT2D eigenvalue weighted by molar-refractivity contribution is 0.183. The molecule has 28 heavy (non-hydrogen) atoms. The Labute approximate surface area is 163 Å². The maximum Gasteiger partial charge on any atom is 0.159 e. The van der Waals surface area contributed by atoms with Gasteiger partial charge in [-0.2, -0.15) is 0 Å². The molecule has 0 fully saturated rings. The molecule has 4 rings (SSSR count). The van der Waals surface area contributed by atoms with Crippen molar-refractivity contribution in [2.75, 3.05) is 13.2 Å². The molecule has 0 atom stereocenters. The minimum Gasteiger partial charge on any atom is -0.395 e. The average Bonchev–Trinajstić information content (AvgIpc) is 3.13. The van der Waals surface area contributed by atoms with Crippen molar-refractivity contribution < 1.29 is 5.11 Å². The summed E-state index contributed by atoms with van der Waals surface area (Å²) in [4.78, 5) is 18.8. The number of nitrogens with zero attached hydrogens (tertiary/aromatic N) is 4. The molecular formula is C22H23N5O. The van der Waals surface area contributed by atoms with Crippen LogP contribution in [0.4, 0.5) is 0 Å². The van der Waals surface area contributed by atoms with Gasteiger partial charge in [-0.15, -0.1) is 0 Å². The first-order valence-corrected chi connectivity index (χ1v) is 9.35. The van der Waals surface area contributed by atoms with Crippen molar-refractivity contribution in [3.05, 3.63) is 78.1 Å². The minimum absolute atomic E-state index is 0.0993. The number of fused-ring (bicyclic) bond motifs is 1. The molecule has 2 aromatic carbocycles. The standard InChI is InChI=1S/C22H23N5O/c1-16-23-13-19(26-16)15-27(9-10-28)14-17-11-24-22(25-12-17)21-8-4-6-18-5-2-3-7-20(18)21/h2-8,11-13,28H,9-10,14-15H2,1H3,(H,23,26). The lowest BCUT2D eigenvalue weighted by atomic mass is 10.0. The number of rotatable bonds is 7. The fourth-order valence-electron chi connectivity index (χ4n) is 3.40. The molecule has 0 unspecified atom stereocenters. The predicted octanol–water partition coefficient (Wildman–Crippen LogP) is 3.32. The van der Waals surface area contributed by atoms with Crippen molar-refractivity contribution in [1.82, 2.24) is 24.8 Å². The van der Waals surface area contributed by atoms with E-state index in [0.717, 1.165) is 33.9 Å². The van der Waals surface area contributed by atoms with Crippen molar-refractivity contribution in [3.63, 3.8) is 0 Å². The third-order valence-corrected chi connectivity index (χ3v) is 4.71. The molecule has 0 bridgehead atoms. The number of aromatic nitrogens is 4. The van der Waals surface area contributed by atoms with Gasteiger partial charge in [0.15, 0.2) is 5.82 Å². The molecule has 0 aliphatic carbocycles. The van der Waals surface area contributed by atoms with Gasteiger partial charge in [-0.3, -0.25) is 4.90 Å². The van der Waals surface area contributed by atoms with E-state index in [4.69, 9.17) is 0 Å². The summed E-state index contributed by atoms with van der Waals surface area (Å²) < 4.78 is 0. The van der Waals surface area contributed by atoms with Gasteiger partial charge in [-0.25, -0.2) is 15.0 Å². The molecule has 6 nitrogen and oxygen atoms in total. The third-order valence-electron chi connectivity index (χ3n) is 4.71. The lowest BCUT2D eigenvalue weighted by Crippen LogP contribution is -2.26. The highest BCUT2D eigenvalue weighted by molar-refractivity contribution is 5.94. The van der Waals surface area contributed by atoms with Crippen molar-refractivity contribution >= 4 is 10.8 Å². The van der Waals surface area contributed by atoms with Crippen LogP contribution in [0.2, 0.25) is 0 Å². The number of aliphatic hydroxyl groups is 1. The molecule has 0 saturated heterocycles. The first kappa shape index (κ1) is 18.3. The largest absolute Gasteiger partial charge is 0.395 e. The summed E-state index contributed by atoms with van der Waals surface area (Å²) in [5.41, 5.74) is 3.07. The Morgan fingerprint density at radius 3 is 2.46 bits per heavy atom. The molecule has 0 aliphatic heterocycles. The molecule has 0 spiro atoms. The first-order valence-electron chi connectivity index (χ1n) is 9.35. The van der Waals surface area contributed by atoms with Gasteiger partial charge in [0.05, 0.1) is 6.61 Å². The highest BCUT2D eigenvalue weighted by atomic mass is 16.3. The second-order valence-corrected chi connectivity index (χ2v) is 6.87. The number of aryl methyl sites for hydroxylation is 1. The molecular weight excluding hydrogens is 350 g/mol. The summed E-state index contributed by atoms with van der Waals surface area (Å²) in [6.45, 7) is 3.95. The smallest absolute Gasteiger partial charge is 0.159 e. The molecule has 0 radical (unpaired) electrons. The van der Waals surface area contributed by atoms with Gasteiger partial charge in [0.2, 0.25) is 0 Å². The van der Waals surface area contributed by atoms with E-state index in [0.29, 0.717) is 19.6 Å². The third kappa shape index (κ3) is 4.08. The molecule has 2 heterocycles. The maximum atomic E-state index is 9.39. The molecule has 2 N–H and O–H groups in total. The lowest BCUT2D eigenvalue weighted by Gasteiger charge is -2.20. The predicted molar refractivity (Wildman–Crippen MR) is 109 cm³/mol. The van der Waals surface area contributed by atoms with Crippen LogP contribution in [0.1, 0.15) is 17.1 Å². The number of benzene rings is 2. The highest BCUT2D eigenvalue weighted by Gasteiger charge is 2.11. The average molecular weight is 373 g/mol. The van der Waals surface area contributed by atoms with E-state index >= 15 is 0 Å². The minimum atomic E-state index is 0.0993. The van der Waals surface area contributed by atoms with E-state index in [2.05, 4.69) is 49.1 Å². The zero-order valence-electron chi connectivity index (χ0n) is 15.8. The topological polar surface area (TPSA) is 77.9 Å². The van der Waals surface area contributed by atoms with Crippen molar-refractivity contribution in [2.45, 2.75) is 20.0 Å². The molecule has 6 heteroatoms. The Balaban J connectivity index is 1.53. The van der Waals surface area contributed by atoms with Gasteiger partial charge < -0.3 is 10.1 Å². The van der Waals surface area contributed by atoms with E-state index in [1.54, 1.807) is 0 Å². The van der Waals surface area contributed by atoms with E-state index in [1.165, 1.54) is 5.39 Å². The van der Waals surface area contributed by atoms with Crippen molar-refractivity contribution in [1.29, 1.82) is 0 Å². The maximum absolute atomic E-state index is 9.39. The summed E-state index contributed by atoms with van der Waals surface area (Å²) in [5.74, 6) is 1.61. The normalized spacial score (nSPS) is 11.4. The van der Waals surface area contributed by atoms with Gasteiger partial charge in [0.25, 0.3) is 0 Å². The quantitative estimate of drug-likeness (QED) is 0.520. The van der Waals surface area contributed by atoms with E-state index in [9.17, 15) is 5.11 Å². The molecule has 0 saturated carbocycles. The summed E-state index contributed by atoms with van der Waals surface area (Å²) in [7, 11) is 0. The Bertz CT molecular complexity index is 1050. The number of aromatic amines is 1. The van der Waals surface area contributed by atoms with Crippen LogP contribution < -0.4 is 0 Å². The summed E-state index contributed by atoms with van der Waals surface area (Å²) in [6.07, 6.45) is 5.57. The number of H-pyrrole nitrogens is 1. The van der Waals surface area contributed by atoms with E-state index < -0.39 is 0 Å². The van der Waals surface area contributed by atoms with Crippen LogP contribution in [0.5, 0.6) is 0 Å². The van der Waals surface area contributed by atoms with Crippen LogP contribution in [-0.2, 0) is 13.1 Å². The number of hydrogen-bond acceptors (Lipinski definition) is 5. The van der Waals surface area contributed by atoms with Gasteiger partial charge in [0, 0.05) is 55.0 Å². The van der Waals surface area contributed by atoms with Gasteiger partial charge >= 0.3 is 0 Å². The van der Waals surface area contributed by atoms with Crippen LogP contribution >= 0.6 is 0 Å². The van der Waals surface area contributed by atoms with Crippen molar-refractivity contribution in [2.24, 2.45) is 0 Å². The number of nitrogens with one attached hydrogen (secondary N) is 1.